The molecule has 5 nitrogen and oxygen atoms in total. The first-order valence-electron chi connectivity index (χ1n) is 7.77. The van der Waals surface area contributed by atoms with Crippen molar-refractivity contribution >= 4 is 33.0 Å². The molecule has 0 aliphatic carbocycles. The van der Waals surface area contributed by atoms with E-state index >= 15 is 0 Å². The first-order valence-corrected chi connectivity index (χ1v) is 10.1. The number of ether oxygens (including phenoxy) is 1. The number of thiophene rings is 1. The van der Waals surface area contributed by atoms with Crippen LogP contribution in [0.15, 0.2) is 28.5 Å². The summed E-state index contributed by atoms with van der Waals surface area (Å²) in [6.45, 7) is 9.82. The molecule has 1 heterocycles. The molecule has 136 valence electrons. The number of benzene rings is 1. The molecule has 1 aromatic carbocycles. The van der Waals surface area contributed by atoms with Crippen LogP contribution in [0.3, 0.4) is 0 Å². The molecule has 25 heavy (non-hydrogen) atoms. The van der Waals surface area contributed by atoms with E-state index in [1.807, 2.05) is 12.1 Å². The van der Waals surface area contributed by atoms with Crippen LogP contribution in [0.25, 0.3) is 0 Å². The van der Waals surface area contributed by atoms with Crippen molar-refractivity contribution in [3.8, 4) is 0 Å². The maximum absolute atomic E-state index is 12.9. The molecule has 0 saturated carbocycles. The summed E-state index contributed by atoms with van der Waals surface area (Å²) in [5.74, 6) is -0.566. The van der Waals surface area contributed by atoms with E-state index in [0.717, 1.165) is 16.9 Å². The summed E-state index contributed by atoms with van der Waals surface area (Å²) in [6.07, 6.45) is 0. The van der Waals surface area contributed by atoms with Gasteiger partial charge in [0.05, 0.1) is 17.7 Å². The van der Waals surface area contributed by atoms with Gasteiger partial charge in [0.1, 0.15) is 4.88 Å². The standard InChI is InChI=1S/C18H23NO4S2/c1-11-9-13(18(3,4)5)10-12(2)16(11)25(21,22)19-14-7-8-24-15(14)17(20)23-6/h7-10,19H,1-6H3. The molecule has 0 aliphatic rings. The SMILES string of the molecule is COC(=O)c1sccc1NS(=O)(=O)c1c(C)cc(C(C)(C)C)cc1C. The fourth-order valence-electron chi connectivity index (χ4n) is 2.64. The van der Waals surface area contributed by atoms with Crippen LogP contribution in [-0.2, 0) is 20.2 Å². The summed E-state index contributed by atoms with van der Waals surface area (Å²) < 4.78 is 33.0. The lowest BCUT2D eigenvalue weighted by Crippen LogP contribution is -2.19. The number of hydrogen-bond donors (Lipinski definition) is 1. The summed E-state index contributed by atoms with van der Waals surface area (Å²) in [6, 6.07) is 5.36. The highest BCUT2D eigenvalue weighted by Gasteiger charge is 2.25. The highest BCUT2D eigenvalue weighted by molar-refractivity contribution is 7.92. The van der Waals surface area contributed by atoms with Gasteiger partial charge in [0.25, 0.3) is 10.0 Å². The van der Waals surface area contributed by atoms with Crippen LogP contribution in [0, 0.1) is 13.8 Å². The monoisotopic (exact) mass is 381 g/mol. The third-order valence-electron chi connectivity index (χ3n) is 3.88. The summed E-state index contributed by atoms with van der Waals surface area (Å²) >= 11 is 1.13. The average Bonchev–Trinajstić information content (AvgIpc) is 2.91. The Hall–Kier alpha value is -1.86. The van der Waals surface area contributed by atoms with E-state index in [4.69, 9.17) is 4.74 Å². The van der Waals surface area contributed by atoms with Gasteiger partial charge in [0.2, 0.25) is 0 Å². The predicted octanol–water partition coefficient (Wildman–Crippen LogP) is 4.25. The summed E-state index contributed by atoms with van der Waals surface area (Å²) in [4.78, 5) is 12.2. The molecule has 0 saturated heterocycles. The summed E-state index contributed by atoms with van der Waals surface area (Å²) in [7, 11) is -2.56. The Morgan fingerprint density at radius 1 is 1.16 bits per heavy atom. The molecule has 0 spiro atoms. The minimum absolute atomic E-state index is 0.0728. The van der Waals surface area contributed by atoms with Gasteiger partial charge in [-0.05, 0) is 47.4 Å². The third-order valence-corrected chi connectivity index (χ3v) is 6.44. The molecule has 0 bridgehead atoms. The van der Waals surface area contributed by atoms with E-state index in [-0.39, 0.29) is 20.9 Å². The lowest BCUT2D eigenvalue weighted by Gasteiger charge is -2.22. The summed E-state index contributed by atoms with van der Waals surface area (Å²) in [5, 5.41) is 1.65. The minimum atomic E-state index is -3.82. The number of nitrogens with one attached hydrogen (secondary N) is 1. The second kappa shape index (κ2) is 6.80. The Morgan fingerprint density at radius 2 is 1.72 bits per heavy atom. The highest BCUT2D eigenvalue weighted by Crippen LogP contribution is 2.31. The van der Waals surface area contributed by atoms with Crippen LogP contribution in [0.1, 0.15) is 47.1 Å². The zero-order valence-electron chi connectivity index (χ0n) is 15.3. The number of carbonyl (C=O) groups is 1. The number of aryl methyl sites for hydroxylation is 2. The van der Waals surface area contributed by atoms with Gasteiger partial charge in [-0.2, -0.15) is 0 Å². The topological polar surface area (TPSA) is 72.5 Å². The van der Waals surface area contributed by atoms with Crippen LogP contribution >= 0.6 is 11.3 Å². The minimum Gasteiger partial charge on any atom is -0.465 e. The average molecular weight is 382 g/mol. The molecule has 0 unspecified atom stereocenters. The Morgan fingerprint density at radius 3 is 2.20 bits per heavy atom. The van der Waals surface area contributed by atoms with Crippen molar-refractivity contribution in [2.75, 3.05) is 11.8 Å². The van der Waals surface area contributed by atoms with Gasteiger partial charge in [-0.15, -0.1) is 11.3 Å². The van der Waals surface area contributed by atoms with Crippen molar-refractivity contribution in [3.05, 3.63) is 45.1 Å². The molecule has 2 aromatic rings. The number of carbonyl (C=O) groups excluding carboxylic acids is 1. The lowest BCUT2D eigenvalue weighted by atomic mass is 9.85. The van der Waals surface area contributed by atoms with E-state index in [1.165, 1.54) is 7.11 Å². The second-order valence-corrected chi connectivity index (χ2v) is 9.49. The molecule has 1 aromatic heterocycles. The Kier molecular flexibility index (Phi) is 5.30. The van der Waals surface area contributed by atoms with Crippen LogP contribution in [0.4, 0.5) is 5.69 Å². The molecule has 0 radical (unpaired) electrons. The van der Waals surface area contributed by atoms with E-state index in [9.17, 15) is 13.2 Å². The molecule has 0 aliphatic heterocycles. The highest BCUT2D eigenvalue weighted by atomic mass is 32.2. The largest absolute Gasteiger partial charge is 0.465 e. The van der Waals surface area contributed by atoms with Crippen LogP contribution in [-0.4, -0.2) is 21.5 Å². The first-order chi connectivity index (χ1) is 11.5. The number of methoxy groups -OCH3 is 1. The van der Waals surface area contributed by atoms with Gasteiger partial charge < -0.3 is 4.74 Å². The molecular weight excluding hydrogens is 358 g/mol. The lowest BCUT2D eigenvalue weighted by molar-refractivity contribution is 0.0607. The van der Waals surface area contributed by atoms with Crippen molar-refractivity contribution in [1.29, 1.82) is 0 Å². The first kappa shape index (κ1) is 19.5. The molecule has 0 fully saturated rings. The predicted molar refractivity (Wildman–Crippen MR) is 101 cm³/mol. The number of sulfonamides is 1. The maximum Gasteiger partial charge on any atom is 0.350 e. The van der Waals surface area contributed by atoms with Crippen molar-refractivity contribution in [2.24, 2.45) is 0 Å². The number of hydrogen-bond acceptors (Lipinski definition) is 5. The van der Waals surface area contributed by atoms with E-state index < -0.39 is 16.0 Å². The van der Waals surface area contributed by atoms with Gasteiger partial charge in [-0.1, -0.05) is 32.9 Å². The molecule has 0 atom stereocenters. The zero-order chi connectivity index (χ0) is 19.0. The summed E-state index contributed by atoms with van der Waals surface area (Å²) in [5.41, 5.74) is 2.58. The fourth-order valence-corrected chi connectivity index (χ4v) is 5.00. The van der Waals surface area contributed by atoms with Gasteiger partial charge in [-0.3, -0.25) is 4.72 Å². The molecule has 2 rings (SSSR count). The quantitative estimate of drug-likeness (QED) is 0.804. The van der Waals surface area contributed by atoms with Gasteiger partial charge >= 0.3 is 5.97 Å². The number of rotatable bonds is 4. The van der Waals surface area contributed by atoms with Crippen LogP contribution < -0.4 is 4.72 Å². The van der Waals surface area contributed by atoms with Gasteiger partial charge in [0, 0.05) is 0 Å². The van der Waals surface area contributed by atoms with E-state index in [1.54, 1.807) is 25.3 Å². The van der Waals surface area contributed by atoms with Gasteiger partial charge in [0.15, 0.2) is 0 Å². The van der Waals surface area contributed by atoms with Crippen LogP contribution in [0.5, 0.6) is 0 Å². The molecule has 0 amide bonds. The van der Waals surface area contributed by atoms with E-state index in [0.29, 0.717) is 11.1 Å². The van der Waals surface area contributed by atoms with Crippen molar-refractivity contribution in [3.63, 3.8) is 0 Å². The Balaban J connectivity index is 2.48. The smallest absolute Gasteiger partial charge is 0.350 e. The van der Waals surface area contributed by atoms with Gasteiger partial charge in [-0.25, -0.2) is 13.2 Å². The van der Waals surface area contributed by atoms with Crippen molar-refractivity contribution in [2.45, 2.75) is 44.9 Å². The fraction of sp³-hybridized carbons (Fsp3) is 0.389. The van der Waals surface area contributed by atoms with Crippen LogP contribution in [0.2, 0.25) is 0 Å². The molecule has 1 N–H and O–H groups in total. The maximum atomic E-state index is 12.9. The second-order valence-electron chi connectivity index (χ2n) is 6.95. The zero-order valence-corrected chi connectivity index (χ0v) is 16.9. The van der Waals surface area contributed by atoms with Crippen molar-refractivity contribution in [1.82, 2.24) is 0 Å². The Bertz CT molecular complexity index is 882. The van der Waals surface area contributed by atoms with Crippen molar-refractivity contribution < 1.29 is 17.9 Å². The normalized spacial score (nSPS) is 12.1. The number of anilines is 1. The molecule has 7 heteroatoms. The Labute approximate surface area is 153 Å². The number of esters is 1. The van der Waals surface area contributed by atoms with E-state index in [2.05, 4.69) is 25.5 Å². The third kappa shape index (κ3) is 4.04. The molecular formula is C18H23NO4S2.